The molecule has 0 aliphatic rings. The van der Waals surface area contributed by atoms with Gasteiger partial charge in [0.2, 0.25) is 5.91 Å². The summed E-state index contributed by atoms with van der Waals surface area (Å²) in [5.41, 5.74) is 4.59. The van der Waals surface area contributed by atoms with Crippen LogP contribution in [-0.2, 0) is 17.9 Å². The SMILES string of the molecule is CNCc1cc(OC)cc(-c2cnc3nc(-c4cccc(C(C)C)c4)n(CC(=O)NC(C)C)c(=O)c3c2)c1. The molecule has 0 fully saturated rings. The molecule has 8 nitrogen and oxygen atoms in total. The van der Waals surface area contributed by atoms with Crippen LogP contribution in [0.3, 0.4) is 0 Å². The Morgan fingerprint density at radius 1 is 1.03 bits per heavy atom. The maximum Gasteiger partial charge on any atom is 0.263 e. The number of pyridine rings is 1. The van der Waals surface area contributed by atoms with E-state index in [1.165, 1.54) is 4.57 Å². The van der Waals surface area contributed by atoms with E-state index in [1.54, 1.807) is 19.4 Å². The van der Waals surface area contributed by atoms with Crippen molar-refractivity contribution >= 4 is 16.9 Å². The summed E-state index contributed by atoms with van der Waals surface area (Å²) in [6.07, 6.45) is 1.72. The first-order valence-corrected chi connectivity index (χ1v) is 12.8. The Morgan fingerprint density at radius 3 is 2.50 bits per heavy atom. The van der Waals surface area contributed by atoms with E-state index >= 15 is 0 Å². The van der Waals surface area contributed by atoms with Crippen LogP contribution >= 0.6 is 0 Å². The number of hydrogen-bond acceptors (Lipinski definition) is 6. The third kappa shape index (κ3) is 5.92. The molecular formula is C30H35N5O3. The predicted molar refractivity (Wildman–Crippen MR) is 151 cm³/mol. The van der Waals surface area contributed by atoms with E-state index in [1.807, 2.05) is 63.4 Å². The van der Waals surface area contributed by atoms with E-state index in [0.717, 1.165) is 27.8 Å². The lowest BCUT2D eigenvalue weighted by Crippen LogP contribution is -2.37. The molecule has 0 atom stereocenters. The van der Waals surface area contributed by atoms with E-state index in [2.05, 4.69) is 29.5 Å². The van der Waals surface area contributed by atoms with Gasteiger partial charge in [0.1, 0.15) is 18.1 Å². The second kappa shape index (κ2) is 11.6. The molecule has 2 N–H and O–H groups in total. The summed E-state index contributed by atoms with van der Waals surface area (Å²) < 4.78 is 6.94. The molecule has 0 radical (unpaired) electrons. The lowest BCUT2D eigenvalue weighted by atomic mass is 10.0. The van der Waals surface area contributed by atoms with Crippen molar-refractivity contribution in [2.45, 2.75) is 52.7 Å². The van der Waals surface area contributed by atoms with Crippen molar-refractivity contribution in [3.05, 3.63) is 76.2 Å². The molecule has 2 aromatic heterocycles. The number of aromatic nitrogens is 3. The Kier molecular flexibility index (Phi) is 8.22. The summed E-state index contributed by atoms with van der Waals surface area (Å²) in [5, 5.41) is 6.38. The first kappa shape index (κ1) is 27.0. The monoisotopic (exact) mass is 513 g/mol. The number of carbonyl (C=O) groups is 1. The summed E-state index contributed by atoms with van der Waals surface area (Å²) in [6.45, 7) is 8.53. The average molecular weight is 514 g/mol. The van der Waals surface area contributed by atoms with E-state index in [0.29, 0.717) is 35.1 Å². The maximum atomic E-state index is 13.9. The van der Waals surface area contributed by atoms with Crippen molar-refractivity contribution < 1.29 is 9.53 Å². The summed E-state index contributed by atoms with van der Waals surface area (Å²) in [7, 11) is 3.51. The van der Waals surface area contributed by atoms with E-state index in [9.17, 15) is 9.59 Å². The number of carbonyl (C=O) groups excluding carboxylic acids is 1. The molecule has 0 spiro atoms. The second-order valence-electron chi connectivity index (χ2n) is 10.0. The van der Waals surface area contributed by atoms with Gasteiger partial charge in [-0.25, -0.2) is 9.97 Å². The number of methoxy groups -OCH3 is 1. The lowest BCUT2D eigenvalue weighted by Gasteiger charge is -2.16. The molecule has 0 bridgehead atoms. The zero-order valence-corrected chi connectivity index (χ0v) is 22.8. The van der Waals surface area contributed by atoms with Crippen LogP contribution < -0.4 is 20.9 Å². The zero-order chi connectivity index (χ0) is 27.4. The van der Waals surface area contributed by atoms with Crippen LogP contribution in [0.1, 0.15) is 44.7 Å². The van der Waals surface area contributed by atoms with Gasteiger partial charge in [-0.2, -0.15) is 0 Å². The third-order valence-corrected chi connectivity index (χ3v) is 6.29. The maximum absolute atomic E-state index is 13.9. The lowest BCUT2D eigenvalue weighted by molar-refractivity contribution is -0.122. The summed E-state index contributed by atoms with van der Waals surface area (Å²) in [5.74, 6) is 1.19. The number of nitrogens with zero attached hydrogens (tertiary/aromatic N) is 3. The fourth-order valence-corrected chi connectivity index (χ4v) is 4.43. The Balaban J connectivity index is 1.91. The number of amides is 1. The van der Waals surface area contributed by atoms with Gasteiger partial charge in [0, 0.05) is 29.9 Å². The average Bonchev–Trinajstić information content (AvgIpc) is 2.89. The molecular weight excluding hydrogens is 478 g/mol. The third-order valence-electron chi connectivity index (χ3n) is 6.29. The van der Waals surface area contributed by atoms with Crippen LogP contribution in [0.25, 0.3) is 33.5 Å². The van der Waals surface area contributed by atoms with Gasteiger partial charge in [0.15, 0.2) is 5.65 Å². The topological polar surface area (TPSA) is 98.1 Å². The molecule has 8 heteroatoms. The first-order chi connectivity index (χ1) is 18.2. The molecule has 2 heterocycles. The Labute approximate surface area is 223 Å². The molecule has 198 valence electrons. The summed E-state index contributed by atoms with van der Waals surface area (Å²) in [4.78, 5) is 36.1. The molecule has 0 unspecified atom stereocenters. The van der Waals surface area contributed by atoms with Crippen molar-refractivity contribution in [1.82, 2.24) is 25.2 Å². The zero-order valence-electron chi connectivity index (χ0n) is 22.8. The Morgan fingerprint density at radius 2 is 1.82 bits per heavy atom. The molecule has 0 aliphatic carbocycles. The number of fused-ring (bicyclic) bond motifs is 1. The largest absolute Gasteiger partial charge is 0.497 e. The van der Waals surface area contributed by atoms with Gasteiger partial charge in [-0.3, -0.25) is 14.2 Å². The summed E-state index contributed by atoms with van der Waals surface area (Å²) >= 11 is 0. The molecule has 1 amide bonds. The van der Waals surface area contributed by atoms with E-state index < -0.39 is 0 Å². The highest BCUT2D eigenvalue weighted by atomic mass is 16.5. The minimum atomic E-state index is -0.313. The van der Waals surface area contributed by atoms with Gasteiger partial charge in [0.05, 0.1) is 12.5 Å². The first-order valence-electron chi connectivity index (χ1n) is 12.8. The molecule has 2 aromatic carbocycles. The normalized spacial score (nSPS) is 11.4. The number of nitrogens with one attached hydrogen (secondary N) is 2. The smallest absolute Gasteiger partial charge is 0.263 e. The van der Waals surface area contributed by atoms with Crippen molar-refractivity contribution in [1.29, 1.82) is 0 Å². The minimum Gasteiger partial charge on any atom is -0.497 e. The van der Waals surface area contributed by atoms with Crippen molar-refractivity contribution in [2.24, 2.45) is 0 Å². The van der Waals surface area contributed by atoms with Gasteiger partial charge >= 0.3 is 0 Å². The quantitative estimate of drug-likeness (QED) is 0.342. The van der Waals surface area contributed by atoms with Gasteiger partial charge in [-0.05, 0) is 73.8 Å². The highest BCUT2D eigenvalue weighted by Crippen LogP contribution is 2.28. The van der Waals surface area contributed by atoms with Crippen LogP contribution in [-0.4, -0.2) is 40.6 Å². The molecule has 38 heavy (non-hydrogen) atoms. The van der Waals surface area contributed by atoms with Crippen LogP contribution in [0, 0.1) is 0 Å². The highest BCUT2D eigenvalue weighted by Gasteiger charge is 2.18. The van der Waals surface area contributed by atoms with Crippen molar-refractivity contribution in [3.63, 3.8) is 0 Å². The van der Waals surface area contributed by atoms with Crippen LogP contribution in [0.2, 0.25) is 0 Å². The molecule has 4 aromatic rings. The number of benzene rings is 2. The standard InChI is InChI=1S/C30H35N5O3/c1-18(2)21-8-7-9-22(12-21)29-34-28-26(30(37)35(29)17-27(36)33-19(3)4)14-24(16-32-28)23-10-20(15-31-5)11-25(13-23)38-6/h7-14,16,18-19,31H,15,17H2,1-6H3,(H,33,36). The van der Waals surface area contributed by atoms with Gasteiger partial charge in [-0.1, -0.05) is 32.0 Å². The molecule has 4 rings (SSSR count). The predicted octanol–water partition coefficient (Wildman–Crippen LogP) is 4.50. The van der Waals surface area contributed by atoms with Crippen molar-refractivity contribution in [2.75, 3.05) is 14.2 Å². The Bertz CT molecular complexity index is 1520. The number of hydrogen-bond donors (Lipinski definition) is 2. The van der Waals surface area contributed by atoms with E-state index in [-0.39, 0.29) is 24.1 Å². The van der Waals surface area contributed by atoms with Crippen molar-refractivity contribution in [3.8, 4) is 28.3 Å². The Hall–Kier alpha value is -4.04. The van der Waals surface area contributed by atoms with Crippen LogP contribution in [0.4, 0.5) is 0 Å². The second-order valence-corrected chi connectivity index (χ2v) is 10.0. The van der Waals surface area contributed by atoms with Gasteiger partial charge in [-0.15, -0.1) is 0 Å². The molecule has 0 saturated heterocycles. The number of rotatable bonds is 9. The van der Waals surface area contributed by atoms with Crippen LogP contribution in [0.5, 0.6) is 5.75 Å². The van der Waals surface area contributed by atoms with Gasteiger partial charge in [0.25, 0.3) is 5.56 Å². The fraction of sp³-hybridized carbons (Fsp3) is 0.333. The molecule has 0 aliphatic heterocycles. The summed E-state index contributed by atoms with van der Waals surface area (Å²) in [6, 6.07) is 15.6. The minimum absolute atomic E-state index is 0.0486. The highest BCUT2D eigenvalue weighted by molar-refractivity contribution is 5.83. The fourth-order valence-electron chi connectivity index (χ4n) is 4.43. The van der Waals surface area contributed by atoms with E-state index in [4.69, 9.17) is 9.72 Å². The number of ether oxygens (including phenoxy) is 1. The van der Waals surface area contributed by atoms with Gasteiger partial charge < -0.3 is 15.4 Å². The molecule has 0 saturated carbocycles. The van der Waals surface area contributed by atoms with Crippen LogP contribution in [0.15, 0.2) is 59.5 Å².